The molecule has 0 aromatic carbocycles. The van der Waals surface area contributed by atoms with Crippen LogP contribution in [0.4, 0.5) is 0 Å². The Kier molecular flexibility index (Phi) is 2.77. The lowest BCUT2D eigenvalue weighted by Gasteiger charge is -2.18. The average Bonchev–Trinajstić information content (AvgIpc) is 2.18. The van der Waals surface area contributed by atoms with E-state index in [1.165, 1.54) is 17.0 Å². The lowest BCUT2D eigenvalue weighted by Crippen LogP contribution is -2.26. The van der Waals surface area contributed by atoms with Crippen molar-refractivity contribution in [1.82, 2.24) is 15.3 Å². The number of nitrogens with zero attached hydrogens (tertiary/aromatic N) is 2. The Bertz CT molecular complexity index is 334. The second kappa shape index (κ2) is 4.05. The van der Waals surface area contributed by atoms with Gasteiger partial charge in [0.2, 0.25) is 0 Å². The van der Waals surface area contributed by atoms with Crippen LogP contribution in [0.2, 0.25) is 0 Å². The van der Waals surface area contributed by atoms with Crippen LogP contribution in [0, 0.1) is 6.92 Å². The molecule has 0 spiro atoms. The number of nitrogens with one attached hydrogen (secondary N) is 1. The van der Waals surface area contributed by atoms with E-state index in [9.17, 15) is 0 Å². The SMILES string of the molecule is CCCc1nc(C)c2c(n1)CNCC2. The van der Waals surface area contributed by atoms with E-state index in [-0.39, 0.29) is 0 Å². The van der Waals surface area contributed by atoms with Gasteiger partial charge in [-0.25, -0.2) is 9.97 Å². The van der Waals surface area contributed by atoms with Crippen LogP contribution in [0.15, 0.2) is 0 Å². The summed E-state index contributed by atoms with van der Waals surface area (Å²) in [5.41, 5.74) is 3.76. The first-order chi connectivity index (χ1) is 6.81. The normalized spacial score (nSPS) is 15.3. The second-order valence-electron chi connectivity index (χ2n) is 3.83. The summed E-state index contributed by atoms with van der Waals surface area (Å²) in [5.74, 6) is 1.01. The molecule has 0 radical (unpaired) electrons. The summed E-state index contributed by atoms with van der Waals surface area (Å²) in [5, 5.41) is 3.35. The zero-order chi connectivity index (χ0) is 9.97. The van der Waals surface area contributed by atoms with Crippen molar-refractivity contribution in [3.05, 3.63) is 22.8 Å². The van der Waals surface area contributed by atoms with Crippen LogP contribution in [0.3, 0.4) is 0 Å². The maximum Gasteiger partial charge on any atom is 0.128 e. The molecule has 3 nitrogen and oxygen atoms in total. The summed E-state index contributed by atoms with van der Waals surface area (Å²) in [6.45, 7) is 6.24. The number of hydrogen-bond acceptors (Lipinski definition) is 3. The molecule has 0 amide bonds. The Labute approximate surface area is 85.0 Å². The molecule has 0 aliphatic carbocycles. The summed E-state index contributed by atoms with van der Waals surface area (Å²) in [4.78, 5) is 9.13. The van der Waals surface area contributed by atoms with Crippen molar-refractivity contribution in [1.29, 1.82) is 0 Å². The fourth-order valence-electron chi connectivity index (χ4n) is 1.95. The maximum atomic E-state index is 4.59. The Morgan fingerprint density at radius 2 is 2.21 bits per heavy atom. The molecule has 1 aliphatic rings. The highest BCUT2D eigenvalue weighted by Gasteiger charge is 2.14. The molecule has 0 atom stereocenters. The Morgan fingerprint density at radius 1 is 1.36 bits per heavy atom. The zero-order valence-corrected chi connectivity index (χ0v) is 8.93. The molecule has 1 N–H and O–H groups in total. The molecule has 0 saturated carbocycles. The van der Waals surface area contributed by atoms with E-state index in [1.54, 1.807) is 0 Å². The Morgan fingerprint density at radius 3 is 3.00 bits per heavy atom. The minimum atomic E-state index is 0.912. The molecule has 76 valence electrons. The molecule has 14 heavy (non-hydrogen) atoms. The first-order valence-corrected chi connectivity index (χ1v) is 5.37. The maximum absolute atomic E-state index is 4.59. The smallest absolute Gasteiger partial charge is 0.128 e. The first-order valence-electron chi connectivity index (χ1n) is 5.37. The van der Waals surface area contributed by atoms with Gasteiger partial charge in [0.15, 0.2) is 0 Å². The molecular weight excluding hydrogens is 174 g/mol. The highest BCUT2D eigenvalue weighted by Crippen LogP contribution is 2.15. The second-order valence-corrected chi connectivity index (χ2v) is 3.83. The van der Waals surface area contributed by atoms with Gasteiger partial charge in [-0.2, -0.15) is 0 Å². The van der Waals surface area contributed by atoms with Gasteiger partial charge >= 0.3 is 0 Å². The van der Waals surface area contributed by atoms with Crippen molar-refractivity contribution in [2.75, 3.05) is 6.54 Å². The predicted octanol–water partition coefficient (Wildman–Crippen LogP) is 1.38. The third kappa shape index (κ3) is 1.77. The summed E-state index contributed by atoms with van der Waals surface area (Å²) in [6.07, 6.45) is 3.19. The molecule has 2 rings (SSSR count). The topological polar surface area (TPSA) is 37.8 Å². The van der Waals surface area contributed by atoms with Crippen LogP contribution in [0.5, 0.6) is 0 Å². The summed E-state index contributed by atoms with van der Waals surface area (Å²) in [6, 6.07) is 0. The van der Waals surface area contributed by atoms with Crippen molar-refractivity contribution in [3.8, 4) is 0 Å². The van der Waals surface area contributed by atoms with Crippen molar-refractivity contribution in [2.45, 2.75) is 39.7 Å². The van der Waals surface area contributed by atoms with Crippen LogP contribution in [0.1, 0.15) is 36.1 Å². The van der Waals surface area contributed by atoms with Gasteiger partial charge < -0.3 is 5.32 Å². The molecule has 1 aromatic rings. The highest BCUT2D eigenvalue weighted by atomic mass is 15.0. The van der Waals surface area contributed by atoms with Crippen LogP contribution >= 0.6 is 0 Å². The van der Waals surface area contributed by atoms with E-state index < -0.39 is 0 Å². The van der Waals surface area contributed by atoms with Crippen LogP contribution in [-0.2, 0) is 19.4 Å². The van der Waals surface area contributed by atoms with Gasteiger partial charge in [0.25, 0.3) is 0 Å². The fraction of sp³-hybridized carbons (Fsp3) is 0.636. The Balaban J connectivity index is 2.36. The highest BCUT2D eigenvalue weighted by molar-refractivity contribution is 5.27. The molecule has 0 unspecified atom stereocenters. The zero-order valence-electron chi connectivity index (χ0n) is 8.93. The van der Waals surface area contributed by atoms with Crippen molar-refractivity contribution >= 4 is 0 Å². The van der Waals surface area contributed by atoms with E-state index in [0.717, 1.165) is 38.2 Å². The number of aromatic nitrogens is 2. The number of fused-ring (bicyclic) bond motifs is 1. The summed E-state index contributed by atoms with van der Waals surface area (Å²) >= 11 is 0. The average molecular weight is 191 g/mol. The third-order valence-electron chi connectivity index (χ3n) is 2.66. The third-order valence-corrected chi connectivity index (χ3v) is 2.66. The number of hydrogen-bond donors (Lipinski definition) is 1. The van der Waals surface area contributed by atoms with E-state index in [1.807, 2.05) is 0 Å². The van der Waals surface area contributed by atoms with Gasteiger partial charge in [-0.1, -0.05) is 6.92 Å². The van der Waals surface area contributed by atoms with Crippen LogP contribution in [0.25, 0.3) is 0 Å². The van der Waals surface area contributed by atoms with Gasteiger partial charge in [-0.15, -0.1) is 0 Å². The van der Waals surface area contributed by atoms with Gasteiger partial charge in [-0.3, -0.25) is 0 Å². The molecule has 1 aromatic heterocycles. The molecular formula is C11H17N3. The molecule has 0 fully saturated rings. The molecule has 0 bridgehead atoms. The molecule has 2 heterocycles. The summed E-state index contributed by atoms with van der Waals surface area (Å²) < 4.78 is 0. The lowest BCUT2D eigenvalue weighted by atomic mass is 10.0. The van der Waals surface area contributed by atoms with E-state index in [2.05, 4.69) is 29.1 Å². The van der Waals surface area contributed by atoms with Crippen LogP contribution in [-0.4, -0.2) is 16.5 Å². The minimum Gasteiger partial charge on any atom is -0.311 e. The van der Waals surface area contributed by atoms with Gasteiger partial charge in [0.05, 0.1) is 5.69 Å². The standard InChI is InChI=1S/C11H17N3/c1-3-4-11-13-8(2)9-5-6-12-7-10(9)14-11/h12H,3-7H2,1-2H3. The van der Waals surface area contributed by atoms with Gasteiger partial charge in [0.1, 0.15) is 5.82 Å². The monoisotopic (exact) mass is 191 g/mol. The van der Waals surface area contributed by atoms with Crippen molar-refractivity contribution in [2.24, 2.45) is 0 Å². The van der Waals surface area contributed by atoms with Gasteiger partial charge in [-0.05, 0) is 31.9 Å². The lowest BCUT2D eigenvalue weighted by molar-refractivity contribution is 0.610. The molecule has 1 aliphatic heterocycles. The molecule has 0 saturated heterocycles. The minimum absolute atomic E-state index is 0.912. The first kappa shape index (κ1) is 9.59. The number of rotatable bonds is 2. The van der Waals surface area contributed by atoms with Crippen molar-refractivity contribution < 1.29 is 0 Å². The van der Waals surface area contributed by atoms with E-state index >= 15 is 0 Å². The van der Waals surface area contributed by atoms with Gasteiger partial charge in [0, 0.05) is 18.7 Å². The fourth-order valence-corrected chi connectivity index (χ4v) is 1.95. The van der Waals surface area contributed by atoms with E-state index in [0.29, 0.717) is 0 Å². The predicted molar refractivity (Wildman–Crippen MR) is 56.2 cm³/mol. The largest absolute Gasteiger partial charge is 0.311 e. The summed E-state index contributed by atoms with van der Waals surface area (Å²) in [7, 11) is 0. The quantitative estimate of drug-likeness (QED) is 0.767. The van der Waals surface area contributed by atoms with Crippen molar-refractivity contribution in [3.63, 3.8) is 0 Å². The molecule has 3 heteroatoms. The van der Waals surface area contributed by atoms with Crippen LogP contribution < -0.4 is 5.32 Å². The van der Waals surface area contributed by atoms with E-state index in [4.69, 9.17) is 0 Å². The Hall–Kier alpha value is -0.960. The number of aryl methyl sites for hydroxylation is 2.